The molecule has 0 saturated heterocycles. The molecule has 0 aliphatic rings. The molecule has 0 radical (unpaired) electrons. The van der Waals surface area contributed by atoms with Gasteiger partial charge in [-0.3, -0.25) is 14.7 Å². The molecule has 2 aromatic carbocycles. The zero-order valence-electron chi connectivity index (χ0n) is 12.7. The third-order valence-electron chi connectivity index (χ3n) is 3.22. The van der Waals surface area contributed by atoms with E-state index in [1.807, 2.05) is 30.3 Å². The van der Waals surface area contributed by atoms with E-state index in [0.29, 0.717) is 11.4 Å². The summed E-state index contributed by atoms with van der Waals surface area (Å²) in [6.45, 7) is 0. The van der Waals surface area contributed by atoms with E-state index in [9.17, 15) is 8.42 Å². The number of anilines is 1. The summed E-state index contributed by atoms with van der Waals surface area (Å²) in [6, 6.07) is 19.4. The highest BCUT2D eigenvalue weighted by Crippen LogP contribution is 2.19. The van der Waals surface area contributed by atoms with Crippen LogP contribution < -0.4 is 4.72 Å². The molecule has 24 heavy (non-hydrogen) atoms. The van der Waals surface area contributed by atoms with E-state index in [0.717, 1.165) is 5.56 Å². The molecule has 3 aromatic rings. The third kappa shape index (κ3) is 4.05. The summed E-state index contributed by atoms with van der Waals surface area (Å²) in [6.07, 6.45) is 4.77. The first kappa shape index (κ1) is 15.9. The first-order valence-electron chi connectivity index (χ1n) is 7.25. The summed E-state index contributed by atoms with van der Waals surface area (Å²) < 4.78 is 27.1. The van der Waals surface area contributed by atoms with Crippen LogP contribution in [0.4, 0.5) is 11.4 Å². The van der Waals surface area contributed by atoms with Crippen molar-refractivity contribution in [2.45, 2.75) is 4.90 Å². The normalized spacial score (nSPS) is 11.5. The monoisotopic (exact) mass is 337 g/mol. The molecule has 1 aromatic heterocycles. The third-order valence-corrected chi connectivity index (χ3v) is 4.62. The van der Waals surface area contributed by atoms with Gasteiger partial charge in [0.25, 0.3) is 10.0 Å². The van der Waals surface area contributed by atoms with Gasteiger partial charge in [0.05, 0.1) is 22.5 Å². The van der Waals surface area contributed by atoms with Crippen LogP contribution >= 0.6 is 0 Å². The quantitative estimate of drug-likeness (QED) is 0.723. The highest BCUT2D eigenvalue weighted by molar-refractivity contribution is 7.92. The Hall–Kier alpha value is -2.99. The number of aliphatic imine (C=N–C) groups is 1. The van der Waals surface area contributed by atoms with Gasteiger partial charge in [-0.25, -0.2) is 8.42 Å². The van der Waals surface area contributed by atoms with Crippen molar-refractivity contribution in [3.8, 4) is 0 Å². The van der Waals surface area contributed by atoms with E-state index in [-0.39, 0.29) is 4.90 Å². The minimum absolute atomic E-state index is 0.171. The van der Waals surface area contributed by atoms with Crippen LogP contribution in [0.1, 0.15) is 5.56 Å². The number of hydrogen-bond acceptors (Lipinski definition) is 4. The minimum Gasteiger partial charge on any atom is -0.278 e. The second kappa shape index (κ2) is 7.06. The van der Waals surface area contributed by atoms with Crippen molar-refractivity contribution in [2.75, 3.05) is 4.72 Å². The van der Waals surface area contributed by atoms with E-state index in [1.54, 1.807) is 36.7 Å². The van der Waals surface area contributed by atoms with Crippen LogP contribution in [0.3, 0.4) is 0 Å². The van der Waals surface area contributed by atoms with Crippen LogP contribution in [0, 0.1) is 0 Å². The SMILES string of the molecule is O=S(=O)(Nc1cccnc1)c1ccc(N=Cc2ccccc2)cc1. The van der Waals surface area contributed by atoms with Crippen molar-refractivity contribution in [3.05, 3.63) is 84.7 Å². The smallest absolute Gasteiger partial charge is 0.261 e. The molecule has 0 fully saturated rings. The zero-order valence-corrected chi connectivity index (χ0v) is 13.5. The number of aromatic nitrogens is 1. The Morgan fingerprint density at radius 3 is 2.33 bits per heavy atom. The fraction of sp³-hybridized carbons (Fsp3) is 0. The molecule has 6 heteroatoms. The van der Waals surface area contributed by atoms with Gasteiger partial charge in [0, 0.05) is 12.4 Å². The number of sulfonamides is 1. The molecule has 0 unspecified atom stereocenters. The second-order valence-electron chi connectivity index (χ2n) is 5.01. The van der Waals surface area contributed by atoms with Crippen LogP contribution in [0.15, 0.2) is 89.0 Å². The molecular weight excluding hydrogens is 322 g/mol. The van der Waals surface area contributed by atoms with Crippen molar-refractivity contribution >= 4 is 27.6 Å². The highest BCUT2D eigenvalue weighted by Gasteiger charge is 2.13. The summed E-state index contributed by atoms with van der Waals surface area (Å²) in [5.41, 5.74) is 2.08. The first-order valence-corrected chi connectivity index (χ1v) is 8.74. The maximum atomic E-state index is 12.3. The highest BCUT2D eigenvalue weighted by atomic mass is 32.2. The Balaban J connectivity index is 1.75. The van der Waals surface area contributed by atoms with Crippen LogP contribution in [0.5, 0.6) is 0 Å². The van der Waals surface area contributed by atoms with Crippen molar-refractivity contribution < 1.29 is 8.42 Å². The fourth-order valence-corrected chi connectivity index (χ4v) is 3.08. The predicted octanol–water partition coefficient (Wildman–Crippen LogP) is 3.63. The minimum atomic E-state index is -3.64. The Morgan fingerprint density at radius 1 is 0.917 bits per heavy atom. The maximum Gasteiger partial charge on any atom is 0.261 e. The molecule has 1 heterocycles. The number of benzene rings is 2. The van der Waals surface area contributed by atoms with Crippen LogP contribution in [-0.2, 0) is 10.0 Å². The molecule has 0 aliphatic carbocycles. The van der Waals surface area contributed by atoms with Gasteiger partial charge in [0.2, 0.25) is 0 Å². The average Bonchev–Trinajstić information content (AvgIpc) is 2.62. The maximum absolute atomic E-state index is 12.3. The molecule has 0 aliphatic heterocycles. The van der Waals surface area contributed by atoms with Crippen LogP contribution in [-0.4, -0.2) is 19.6 Å². The zero-order chi connectivity index (χ0) is 16.8. The van der Waals surface area contributed by atoms with E-state index in [1.165, 1.54) is 18.3 Å². The lowest BCUT2D eigenvalue weighted by atomic mass is 10.2. The molecule has 3 rings (SSSR count). The van der Waals surface area contributed by atoms with Gasteiger partial charge in [0.15, 0.2) is 0 Å². The molecule has 0 saturated carbocycles. The van der Waals surface area contributed by atoms with E-state index >= 15 is 0 Å². The van der Waals surface area contributed by atoms with Crippen molar-refractivity contribution in [1.82, 2.24) is 4.98 Å². The van der Waals surface area contributed by atoms with Crippen LogP contribution in [0.25, 0.3) is 0 Å². The lowest BCUT2D eigenvalue weighted by Crippen LogP contribution is -2.12. The molecular formula is C18H15N3O2S. The summed E-state index contributed by atoms with van der Waals surface area (Å²) in [5.74, 6) is 0. The topological polar surface area (TPSA) is 71.4 Å². The van der Waals surface area contributed by atoms with Gasteiger partial charge in [0.1, 0.15) is 0 Å². The van der Waals surface area contributed by atoms with E-state index in [4.69, 9.17) is 0 Å². The average molecular weight is 337 g/mol. The molecule has 0 bridgehead atoms. The Bertz CT molecular complexity index is 923. The molecule has 1 N–H and O–H groups in total. The van der Waals surface area contributed by atoms with Gasteiger partial charge in [-0.1, -0.05) is 30.3 Å². The Kier molecular flexibility index (Phi) is 4.67. The molecule has 0 amide bonds. The summed E-state index contributed by atoms with van der Waals surface area (Å²) in [7, 11) is -3.64. The van der Waals surface area contributed by atoms with Crippen molar-refractivity contribution in [1.29, 1.82) is 0 Å². The number of nitrogens with one attached hydrogen (secondary N) is 1. The molecule has 120 valence electrons. The van der Waals surface area contributed by atoms with Gasteiger partial charge in [-0.2, -0.15) is 0 Å². The molecule has 0 atom stereocenters. The van der Waals surface area contributed by atoms with Gasteiger partial charge < -0.3 is 0 Å². The number of hydrogen-bond donors (Lipinski definition) is 1. The Labute approximate surface area is 140 Å². The Morgan fingerprint density at radius 2 is 1.67 bits per heavy atom. The lowest BCUT2D eigenvalue weighted by molar-refractivity contribution is 0.601. The molecule has 5 nitrogen and oxygen atoms in total. The second-order valence-corrected chi connectivity index (χ2v) is 6.69. The molecule has 0 spiro atoms. The van der Waals surface area contributed by atoms with E-state index in [2.05, 4.69) is 14.7 Å². The lowest BCUT2D eigenvalue weighted by Gasteiger charge is -2.07. The number of pyridine rings is 1. The standard InChI is InChI=1S/C18H15N3O2S/c22-24(23,21-17-7-4-12-19-14-17)18-10-8-16(9-11-18)20-13-15-5-2-1-3-6-15/h1-14,21H. The first-order chi connectivity index (χ1) is 11.6. The number of nitrogens with zero attached hydrogens (tertiary/aromatic N) is 2. The largest absolute Gasteiger partial charge is 0.278 e. The summed E-state index contributed by atoms with van der Waals surface area (Å²) >= 11 is 0. The van der Waals surface area contributed by atoms with Gasteiger partial charge in [-0.05, 0) is 42.0 Å². The summed E-state index contributed by atoms with van der Waals surface area (Å²) in [5, 5.41) is 0. The van der Waals surface area contributed by atoms with Gasteiger partial charge >= 0.3 is 0 Å². The number of rotatable bonds is 5. The fourth-order valence-electron chi connectivity index (χ4n) is 2.04. The predicted molar refractivity (Wildman–Crippen MR) is 95.2 cm³/mol. The van der Waals surface area contributed by atoms with Crippen molar-refractivity contribution in [2.24, 2.45) is 4.99 Å². The van der Waals surface area contributed by atoms with Gasteiger partial charge in [-0.15, -0.1) is 0 Å². The van der Waals surface area contributed by atoms with Crippen LogP contribution in [0.2, 0.25) is 0 Å². The van der Waals surface area contributed by atoms with Crippen molar-refractivity contribution in [3.63, 3.8) is 0 Å². The summed E-state index contributed by atoms with van der Waals surface area (Å²) in [4.78, 5) is 8.39. The van der Waals surface area contributed by atoms with E-state index < -0.39 is 10.0 Å².